The number of likely N-dealkylation sites (N-methyl/N-ethyl adjacent to an activating group) is 1. The number of likely N-dealkylation sites (tertiary alicyclic amines) is 1. The Balaban J connectivity index is 1.69. The predicted octanol–water partition coefficient (Wildman–Crippen LogP) is 2.81. The largest absolute Gasteiger partial charge is 0.444 e. The Morgan fingerprint density at radius 1 is 1.14 bits per heavy atom. The summed E-state index contributed by atoms with van der Waals surface area (Å²) in [6.45, 7) is 10.9. The van der Waals surface area contributed by atoms with Crippen LogP contribution in [0.4, 0.5) is 4.79 Å². The Kier molecular flexibility index (Phi) is 8.76. The fourth-order valence-electron chi connectivity index (χ4n) is 3.14. The van der Waals surface area contributed by atoms with Crippen molar-refractivity contribution in [3.63, 3.8) is 0 Å². The van der Waals surface area contributed by atoms with Gasteiger partial charge in [0.2, 0.25) is 0 Å². The van der Waals surface area contributed by atoms with Crippen LogP contribution in [-0.2, 0) is 17.8 Å². The number of nitrogens with zero attached hydrogens (tertiary/aromatic N) is 3. The van der Waals surface area contributed by atoms with Crippen LogP contribution in [0, 0.1) is 0 Å². The van der Waals surface area contributed by atoms with Crippen molar-refractivity contribution in [2.45, 2.75) is 52.3 Å². The van der Waals surface area contributed by atoms with Crippen LogP contribution in [0.1, 0.15) is 44.7 Å². The van der Waals surface area contributed by atoms with Gasteiger partial charge in [0.25, 0.3) is 0 Å². The van der Waals surface area contributed by atoms with Crippen LogP contribution in [0.25, 0.3) is 0 Å². The van der Waals surface area contributed by atoms with Gasteiger partial charge >= 0.3 is 6.09 Å². The fraction of sp³-hybridized carbons (Fsp3) is 0.636. The van der Waals surface area contributed by atoms with E-state index in [0.29, 0.717) is 25.6 Å². The number of hydrogen-bond acceptors (Lipinski definition) is 4. The van der Waals surface area contributed by atoms with E-state index in [4.69, 9.17) is 4.74 Å². The summed E-state index contributed by atoms with van der Waals surface area (Å²) in [6.07, 6.45) is 2.32. The first kappa shape index (κ1) is 23.0. The average molecular weight is 404 g/mol. The summed E-state index contributed by atoms with van der Waals surface area (Å²) >= 11 is 0. The van der Waals surface area contributed by atoms with Crippen LogP contribution < -0.4 is 10.6 Å². The van der Waals surface area contributed by atoms with Crippen molar-refractivity contribution in [3.05, 3.63) is 35.4 Å². The number of rotatable bonds is 7. The van der Waals surface area contributed by atoms with Gasteiger partial charge in [-0.15, -0.1) is 0 Å². The maximum absolute atomic E-state index is 12.0. The third kappa shape index (κ3) is 8.73. The van der Waals surface area contributed by atoms with Gasteiger partial charge in [-0.25, -0.2) is 4.79 Å². The van der Waals surface area contributed by atoms with Crippen LogP contribution >= 0.6 is 0 Å². The first-order valence-electron chi connectivity index (χ1n) is 10.5. The second-order valence-corrected chi connectivity index (χ2v) is 8.55. The van der Waals surface area contributed by atoms with Gasteiger partial charge in [0.05, 0.1) is 0 Å². The molecule has 0 aromatic heterocycles. The number of nitrogens with one attached hydrogen (secondary N) is 2. The molecule has 2 rings (SSSR count). The fourth-order valence-corrected chi connectivity index (χ4v) is 3.14. The average Bonchev–Trinajstić information content (AvgIpc) is 3.17. The zero-order valence-electron chi connectivity index (χ0n) is 18.6. The Bertz CT molecular complexity index is 661. The molecule has 7 heteroatoms. The molecule has 29 heavy (non-hydrogen) atoms. The number of hydrogen-bond donors (Lipinski definition) is 2. The van der Waals surface area contributed by atoms with Gasteiger partial charge in [0.1, 0.15) is 5.60 Å². The van der Waals surface area contributed by atoms with Crippen molar-refractivity contribution in [2.24, 2.45) is 4.99 Å². The number of guanidine groups is 1. The van der Waals surface area contributed by atoms with Gasteiger partial charge in [-0.1, -0.05) is 24.3 Å². The Morgan fingerprint density at radius 2 is 1.76 bits per heavy atom. The predicted molar refractivity (Wildman–Crippen MR) is 118 cm³/mol. The molecule has 1 aliphatic heterocycles. The highest BCUT2D eigenvalue weighted by Crippen LogP contribution is 2.13. The van der Waals surface area contributed by atoms with Crippen LogP contribution in [0.3, 0.4) is 0 Å². The maximum atomic E-state index is 12.0. The van der Waals surface area contributed by atoms with Crippen molar-refractivity contribution in [3.8, 4) is 0 Å². The van der Waals surface area contributed by atoms with Crippen molar-refractivity contribution < 1.29 is 9.53 Å². The summed E-state index contributed by atoms with van der Waals surface area (Å²) < 4.78 is 5.35. The zero-order valence-corrected chi connectivity index (χ0v) is 18.6. The normalized spacial score (nSPS) is 15.3. The molecule has 1 amide bonds. The molecule has 1 aromatic carbocycles. The summed E-state index contributed by atoms with van der Waals surface area (Å²) in [4.78, 5) is 20.3. The Morgan fingerprint density at radius 3 is 2.34 bits per heavy atom. The molecule has 0 saturated carbocycles. The minimum Gasteiger partial charge on any atom is -0.444 e. The minimum atomic E-state index is -0.486. The molecule has 0 spiro atoms. The number of ether oxygens (including phenoxy) is 1. The molecule has 2 N–H and O–H groups in total. The highest BCUT2D eigenvalue weighted by Gasteiger charge is 2.19. The lowest BCUT2D eigenvalue weighted by Crippen LogP contribution is -2.42. The molecule has 0 bridgehead atoms. The van der Waals surface area contributed by atoms with Crippen LogP contribution in [0.15, 0.2) is 29.3 Å². The molecule has 1 aromatic rings. The highest BCUT2D eigenvalue weighted by molar-refractivity contribution is 5.79. The van der Waals surface area contributed by atoms with E-state index in [1.165, 1.54) is 37.1 Å². The summed E-state index contributed by atoms with van der Waals surface area (Å²) in [5, 5.41) is 6.54. The number of aliphatic imine (C=N–C) groups is 1. The zero-order chi connectivity index (χ0) is 21.3. The van der Waals surface area contributed by atoms with Crippen LogP contribution in [0.5, 0.6) is 0 Å². The Labute approximate surface area is 175 Å². The third-order valence-corrected chi connectivity index (χ3v) is 4.76. The Hall–Kier alpha value is -2.28. The maximum Gasteiger partial charge on any atom is 0.410 e. The first-order valence-corrected chi connectivity index (χ1v) is 10.5. The monoisotopic (exact) mass is 403 g/mol. The molecule has 1 fully saturated rings. The lowest BCUT2D eigenvalue weighted by molar-refractivity contribution is 0.0302. The van der Waals surface area contributed by atoms with Gasteiger partial charge in [-0.2, -0.15) is 0 Å². The second-order valence-electron chi connectivity index (χ2n) is 8.55. The van der Waals surface area contributed by atoms with Gasteiger partial charge in [-0.3, -0.25) is 9.89 Å². The number of carbonyl (C=O) groups is 1. The molecule has 0 aliphatic carbocycles. The standard InChI is InChI=1S/C22H37N5O2/c1-22(2,3)29-21(28)26(5)15-12-24-20(23-4)25-16-18-8-10-19(11-9-18)17-27-13-6-7-14-27/h8-11H,6-7,12-17H2,1-5H3,(H2,23,24,25). The van der Waals surface area contributed by atoms with Crippen molar-refractivity contribution >= 4 is 12.1 Å². The van der Waals surface area contributed by atoms with E-state index in [1.54, 1.807) is 19.0 Å². The molecule has 162 valence electrons. The minimum absolute atomic E-state index is 0.323. The van der Waals surface area contributed by atoms with Gasteiger partial charge in [-0.05, 0) is 57.8 Å². The van der Waals surface area contributed by atoms with E-state index >= 15 is 0 Å². The van der Waals surface area contributed by atoms with E-state index in [2.05, 4.69) is 44.8 Å². The molecule has 1 saturated heterocycles. The van der Waals surface area contributed by atoms with Crippen molar-refractivity contribution in [1.29, 1.82) is 0 Å². The second kappa shape index (κ2) is 11.0. The summed E-state index contributed by atoms with van der Waals surface area (Å²) in [5.41, 5.74) is 2.09. The van der Waals surface area contributed by atoms with E-state index in [-0.39, 0.29) is 6.09 Å². The van der Waals surface area contributed by atoms with Crippen molar-refractivity contribution in [1.82, 2.24) is 20.4 Å². The van der Waals surface area contributed by atoms with Gasteiger partial charge < -0.3 is 20.3 Å². The van der Waals surface area contributed by atoms with Crippen LogP contribution in [-0.4, -0.2) is 67.7 Å². The van der Waals surface area contributed by atoms with Gasteiger partial charge in [0, 0.05) is 40.3 Å². The number of amides is 1. The molecule has 7 nitrogen and oxygen atoms in total. The topological polar surface area (TPSA) is 69.2 Å². The molecular weight excluding hydrogens is 366 g/mol. The molecule has 1 aliphatic rings. The van der Waals surface area contributed by atoms with E-state index in [0.717, 1.165) is 6.54 Å². The molecule has 0 radical (unpaired) electrons. The molecular formula is C22H37N5O2. The quantitative estimate of drug-likeness (QED) is 0.541. The number of carbonyl (C=O) groups excluding carboxylic acids is 1. The van der Waals surface area contributed by atoms with Gasteiger partial charge in [0.15, 0.2) is 5.96 Å². The SMILES string of the molecule is CN=C(NCCN(C)C(=O)OC(C)(C)C)NCc1ccc(CN2CCCC2)cc1. The molecule has 1 heterocycles. The van der Waals surface area contributed by atoms with E-state index < -0.39 is 5.60 Å². The van der Waals surface area contributed by atoms with Crippen molar-refractivity contribution in [2.75, 3.05) is 40.3 Å². The summed E-state index contributed by atoms with van der Waals surface area (Å²) in [5.74, 6) is 0.712. The smallest absolute Gasteiger partial charge is 0.410 e. The molecule has 0 unspecified atom stereocenters. The third-order valence-electron chi connectivity index (χ3n) is 4.76. The molecule has 0 atom stereocenters. The van der Waals surface area contributed by atoms with Crippen LogP contribution in [0.2, 0.25) is 0 Å². The lowest BCUT2D eigenvalue weighted by atomic mass is 10.1. The van der Waals surface area contributed by atoms with E-state index in [1.807, 2.05) is 20.8 Å². The van der Waals surface area contributed by atoms with E-state index in [9.17, 15) is 4.79 Å². The highest BCUT2D eigenvalue weighted by atomic mass is 16.6. The first-order chi connectivity index (χ1) is 13.8. The summed E-state index contributed by atoms with van der Waals surface area (Å²) in [7, 11) is 3.47. The number of benzene rings is 1. The summed E-state index contributed by atoms with van der Waals surface area (Å²) in [6, 6.07) is 8.76. The lowest BCUT2D eigenvalue weighted by Gasteiger charge is -2.24.